The van der Waals surface area contributed by atoms with Gasteiger partial charge in [-0.15, -0.1) is 0 Å². The maximum atomic E-state index is 13.5. The van der Waals surface area contributed by atoms with Gasteiger partial charge in [-0.3, -0.25) is 4.79 Å². The number of amides is 2. The number of ether oxygens (including phenoxy) is 1. The monoisotopic (exact) mass is 373 g/mol. The van der Waals surface area contributed by atoms with E-state index in [1.54, 1.807) is 51.1 Å². The molecule has 0 aliphatic carbocycles. The third kappa shape index (κ3) is 3.63. The summed E-state index contributed by atoms with van der Waals surface area (Å²) in [6, 6.07) is 10.7. The molecule has 0 saturated heterocycles. The average Bonchev–Trinajstić information content (AvgIpc) is 2.77. The summed E-state index contributed by atoms with van der Waals surface area (Å²) in [5.41, 5.74) is 0.910. The third-order valence-electron chi connectivity index (χ3n) is 3.66. The van der Waals surface area contributed by atoms with Crippen molar-refractivity contribution in [2.24, 2.45) is 0 Å². The van der Waals surface area contributed by atoms with Gasteiger partial charge in [0.25, 0.3) is 5.91 Å². The molecule has 26 heavy (non-hydrogen) atoms. The fourth-order valence-corrected chi connectivity index (χ4v) is 2.82. The molecule has 0 fully saturated rings. The number of hydrogen-bond donors (Lipinski definition) is 0. The highest BCUT2D eigenvalue weighted by atomic mass is 35.5. The highest BCUT2D eigenvalue weighted by molar-refractivity contribution is 6.42. The van der Waals surface area contributed by atoms with Crippen LogP contribution in [0.3, 0.4) is 0 Å². The van der Waals surface area contributed by atoms with Gasteiger partial charge in [-0.05, 0) is 56.7 Å². The van der Waals surface area contributed by atoms with E-state index in [4.69, 9.17) is 16.3 Å². The number of anilines is 1. The predicted molar refractivity (Wildman–Crippen MR) is 99.4 cm³/mol. The number of halogens is 2. The molecular weight excluding hydrogens is 357 g/mol. The molecule has 2 amide bonds. The Morgan fingerprint density at radius 2 is 1.92 bits per heavy atom. The molecule has 2 aromatic rings. The molecule has 0 aromatic heterocycles. The lowest BCUT2D eigenvalue weighted by molar-refractivity contribution is -0.112. The Kier molecular flexibility index (Phi) is 4.59. The Hall–Kier alpha value is -2.66. The van der Waals surface area contributed by atoms with Crippen molar-refractivity contribution >= 4 is 40.9 Å². The van der Waals surface area contributed by atoms with E-state index in [9.17, 15) is 14.0 Å². The Balaban J connectivity index is 2.09. The number of rotatable bonds is 1. The molecule has 0 saturated carbocycles. The zero-order chi connectivity index (χ0) is 19.1. The lowest BCUT2D eigenvalue weighted by atomic mass is 10.0. The largest absolute Gasteiger partial charge is 0.443 e. The van der Waals surface area contributed by atoms with Crippen molar-refractivity contribution in [1.82, 2.24) is 0 Å². The van der Waals surface area contributed by atoms with E-state index in [1.807, 2.05) is 0 Å². The zero-order valence-corrected chi connectivity index (χ0v) is 15.3. The SMILES string of the molecule is CC(C)(C)OC(=O)N1C(=O)/C(=C/c2cccc(F)c2)c2ccc(Cl)cc21. The highest BCUT2D eigenvalue weighted by Crippen LogP contribution is 2.40. The van der Waals surface area contributed by atoms with Crippen LogP contribution in [0.15, 0.2) is 42.5 Å². The topological polar surface area (TPSA) is 46.6 Å². The molecule has 1 heterocycles. The van der Waals surface area contributed by atoms with Crippen molar-refractivity contribution in [1.29, 1.82) is 0 Å². The van der Waals surface area contributed by atoms with Gasteiger partial charge in [-0.1, -0.05) is 29.8 Å². The minimum absolute atomic E-state index is 0.271. The third-order valence-corrected chi connectivity index (χ3v) is 3.90. The Labute approximate surface area is 155 Å². The summed E-state index contributed by atoms with van der Waals surface area (Å²) in [7, 11) is 0. The van der Waals surface area contributed by atoms with Crippen LogP contribution in [0.1, 0.15) is 31.9 Å². The lowest BCUT2D eigenvalue weighted by Crippen LogP contribution is -2.38. The van der Waals surface area contributed by atoms with E-state index in [0.29, 0.717) is 21.8 Å². The van der Waals surface area contributed by atoms with Gasteiger partial charge in [-0.25, -0.2) is 14.1 Å². The Morgan fingerprint density at radius 1 is 1.19 bits per heavy atom. The first-order valence-electron chi connectivity index (χ1n) is 8.00. The Bertz CT molecular complexity index is 931. The first-order chi connectivity index (χ1) is 12.2. The van der Waals surface area contributed by atoms with E-state index < -0.39 is 23.4 Å². The Morgan fingerprint density at radius 3 is 2.58 bits per heavy atom. The fraction of sp³-hybridized carbons (Fsp3) is 0.200. The van der Waals surface area contributed by atoms with Gasteiger partial charge in [0.15, 0.2) is 0 Å². The van der Waals surface area contributed by atoms with Crippen molar-refractivity contribution in [3.05, 3.63) is 64.4 Å². The van der Waals surface area contributed by atoms with Gasteiger partial charge in [0.2, 0.25) is 0 Å². The highest BCUT2D eigenvalue weighted by Gasteiger charge is 2.39. The summed E-state index contributed by atoms with van der Waals surface area (Å²) in [5, 5.41) is 0.386. The molecule has 0 radical (unpaired) electrons. The minimum Gasteiger partial charge on any atom is -0.443 e. The van der Waals surface area contributed by atoms with Crippen molar-refractivity contribution in [2.75, 3.05) is 4.90 Å². The second kappa shape index (κ2) is 6.57. The van der Waals surface area contributed by atoms with E-state index in [1.165, 1.54) is 18.2 Å². The van der Waals surface area contributed by atoms with Crippen molar-refractivity contribution in [3.8, 4) is 0 Å². The summed E-state index contributed by atoms with van der Waals surface area (Å²) < 4.78 is 18.8. The summed E-state index contributed by atoms with van der Waals surface area (Å²) >= 11 is 6.04. The molecule has 0 N–H and O–H groups in total. The summed E-state index contributed by atoms with van der Waals surface area (Å²) in [6.45, 7) is 5.15. The van der Waals surface area contributed by atoms with E-state index in [-0.39, 0.29) is 5.57 Å². The van der Waals surface area contributed by atoms with Crippen LogP contribution in [0.25, 0.3) is 11.6 Å². The zero-order valence-electron chi connectivity index (χ0n) is 14.5. The smallest absolute Gasteiger partial charge is 0.422 e. The van der Waals surface area contributed by atoms with Crippen molar-refractivity contribution in [2.45, 2.75) is 26.4 Å². The van der Waals surface area contributed by atoms with Crippen LogP contribution in [0, 0.1) is 5.82 Å². The molecule has 1 aliphatic rings. The first-order valence-corrected chi connectivity index (χ1v) is 8.38. The summed E-state index contributed by atoms with van der Waals surface area (Å²) in [5.74, 6) is -0.953. The molecule has 0 atom stereocenters. The maximum absolute atomic E-state index is 13.5. The standard InChI is InChI=1S/C20H17ClFNO3/c1-20(2,3)26-19(25)23-17-11-13(21)7-8-15(17)16(18(23)24)10-12-5-4-6-14(22)9-12/h4-11H,1-3H3/b16-10+. The van der Waals surface area contributed by atoms with Crippen LogP contribution in [0.5, 0.6) is 0 Å². The molecule has 1 aliphatic heterocycles. The molecule has 4 nitrogen and oxygen atoms in total. The number of benzene rings is 2. The quantitative estimate of drug-likeness (QED) is 0.637. The van der Waals surface area contributed by atoms with Crippen LogP contribution in [0.4, 0.5) is 14.9 Å². The van der Waals surface area contributed by atoms with Gasteiger partial charge >= 0.3 is 6.09 Å². The number of carbonyl (C=O) groups excluding carboxylic acids is 2. The molecule has 3 rings (SSSR count). The van der Waals surface area contributed by atoms with E-state index >= 15 is 0 Å². The van der Waals surface area contributed by atoms with Crippen LogP contribution < -0.4 is 4.90 Å². The van der Waals surface area contributed by atoms with Gasteiger partial charge in [0, 0.05) is 10.6 Å². The molecular formula is C20H17ClFNO3. The van der Waals surface area contributed by atoms with Crippen LogP contribution >= 0.6 is 11.6 Å². The fourth-order valence-electron chi connectivity index (χ4n) is 2.65. The second-order valence-electron chi connectivity index (χ2n) is 6.90. The number of imide groups is 1. The molecule has 0 unspecified atom stereocenters. The van der Waals surface area contributed by atoms with Crippen molar-refractivity contribution in [3.63, 3.8) is 0 Å². The van der Waals surface area contributed by atoms with Crippen LogP contribution in [0.2, 0.25) is 5.02 Å². The van der Waals surface area contributed by atoms with Crippen LogP contribution in [-0.2, 0) is 9.53 Å². The number of fused-ring (bicyclic) bond motifs is 1. The number of hydrogen-bond acceptors (Lipinski definition) is 3. The van der Waals surface area contributed by atoms with Gasteiger partial charge < -0.3 is 4.74 Å². The average molecular weight is 374 g/mol. The first kappa shape index (κ1) is 18.1. The predicted octanol–water partition coefficient (Wildman–Crippen LogP) is 5.30. The molecule has 0 spiro atoms. The molecule has 2 aromatic carbocycles. The maximum Gasteiger partial charge on any atom is 0.422 e. The normalized spacial score (nSPS) is 15.3. The van der Waals surface area contributed by atoms with Gasteiger partial charge in [0.1, 0.15) is 11.4 Å². The van der Waals surface area contributed by atoms with Gasteiger partial charge in [-0.2, -0.15) is 0 Å². The lowest BCUT2D eigenvalue weighted by Gasteiger charge is -2.23. The van der Waals surface area contributed by atoms with Gasteiger partial charge in [0.05, 0.1) is 11.3 Å². The van der Waals surface area contributed by atoms with Crippen molar-refractivity contribution < 1.29 is 18.7 Å². The van der Waals surface area contributed by atoms with E-state index in [2.05, 4.69) is 0 Å². The second-order valence-corrected chi connectivity index (χ2v) is 7.33. The van der Waals surface area contributed by atoms with E-state index in [0.717, 1.165) is 4.90 Å². The number of nitrogens with zero attached hydrogens (tertiary/aromatic N) is 1. The summed E-state index contributed by atoms with van der Waals surface area (Å²) in [4.78, 5) is 26.4. The summed E-state index contributed by atoms with van der Waals surface area (Å²) in [6.07, 6.45) is 0.761. The molecule has 0 bridgehead atoms. The minimum atomic E-state index is -0.784. The van der Waals surface area contributed by atoms with Crippen LogP contribution in [-0.4, -0.2) is 17.6 Å². The molecule has 6 heteroatoms. The molecule has 134 valence electrons. The number of carbonyl (C=O) groups is 2.